The van der Waals surface area contributed by atoms with Gasteiger partial charge in [-0.3, -0.25) is 4.90 Å². The second-order valence-corrected chi connectivity index (χ2v) is 8.67. The minimum absolute atomic E-state index is 0.0231. The van der Waals surface area contributed by atoms with Crippen LogP contribution in [0, 0.1) is 5.82 Å². The van der Waals surface area contributed by atoms with Gasteiger partial charge >= 0.3 is 0 Å². The molecule has 1 aliphatic rings. The van der Waals surface area contributed by atoms with Crippen molar-refractivity contribution in [3.63, 3.8) is 0 Å². The molecule has 0 radical (unpaired) electrons. The van der Waals surface area contributed by atoms with Crippen LogP contribution in [0.2, 0.25) is 0 Å². The van der Waals surface area contributed by atoms with Gasteiger partial charge in [-0.25, -0.2) is 12.8 Å². The molecule has 0 saturated carbocycles. The highest BCUT2D eigenvalue weighted by Gasteiger charge is 2.27. The van der Waals surface area contributed by atoms with Gasteiger partial charge in [0.1, 0.15) is 5.82 Å². The average Bonchev–Trinajstić information content (AvgIpc) is 2.70. The van der Waals surface area contributed by atoms with E-state index in [-0.39, 0.29) is 18.5 Å². The zero-order chi connectivity index (χ0) is 19.3. The largest absolute Gasteiger partial charge is 0.396 e. The van der Waals surface area contributed by atoms with Crippen LogP contribution in [-0.2, 0) is 9.84 Å². The van der Waals surface area contributed by atoms with Gasteiger partial charge in [0.15, 0.2) is 0 Å². The Balaban J connectivity index is 1.79. The topological polar surface area (TPSA) is 57.6 Å². The molecule has 0 fully saturated rings. The summed E-state index contributed by atoms with van der Waals surface area (Å²) < 4.78 is 38.8. The summed E-state index contributed by atoms with van der Waals surface area (Å²) in [6.07, 6.45) is 3.59. The van der Waals surface area contributed by atoms with Crippen LogP contribution in [0.15, 0.2) is 70.5 Å². The highest BCUT2D eigenvalue weighted by molar-refractivity contribution is 7.95. The lowest BCUT2D eigenvalue weighted by atomic mass is 9.99. The van der Waals surface area contributed by atoms with E-state index in [1.807, 2.05) is 0 Å². The summed E-state index contributed by atoms with van der Waals surface area (Å²) in [6, 6.07) is 14.9. The van der Waals surface area contributed by atoms with Crippen LogP contribution in [0.25, 0.3) is 0 Å². The van der Waals surface area contributed by atoms with Crippen LogP contribution in [0.3, 0.4) is 0 Å². The lowest BCUT2D eigenvalue weighted by Crippen LogP contribution is -2.34. The Morgan fingerprint density at radius 2 is 1.78 bits per heavy atom. The monoisotopic (exact) mass is 389 g/mol. The van der Waals surface area contributed by atoms with Gasteiger partial charge in [-0.2, -0.15) is 0 Å². The minimum atomic E-state index is -3.45. The number of aliphatic hydroxyl groups is 1. The van der Waals surface area contributed by atoms with Crippen LogP contribution >= 0.6 is 0 Å². The number of sulfone groups is 1. The summed E-state index contributed by atoms with van der Waals surface area (Å²) in [7, 11) is -3.45. The maximum absolute atomic E-state index is 13.3. The number of nitrogens with zero attached hydrogens (tertiary/aromatic N) is 1. The van der Waals surface area contributed by atoms with Crippen molar-refractivity contribution in [2.24, 2.45) is 0 Å². The van der Waals surface area contributed by atoms with Gasteiger partial charge in [-0.15, -0.1) is 0 Å². The van der Waals surface area contributed by atoms with Crippen molar-refractivity contribution in [1.82, 2.24) is 4.90 Å². The molecule has 0 aliphatic carbocycles. The van der Waals surface area contributed by atoms with Gasteiger partial charge in [0.05, 0.1) is 4.90 Å². The molecule has 144 valence electrons. The second kappa shape index (κ2) is 8.78. The molecule has 4 nitrogen and oxygen atoms in total. The van der Waals surface area contributed by atoms with Crippen molar-refractivity contribution >= 4 is 9.84 Å². The number of halogens is 1. The van der Waals surface area contributed by atoms with Crippen LogP contribution in [0.5, 0.6) is 0 Å². The van der Waals surface area contributed by atoms with Crippen LogP contribution < -0.4 is 0 Å². The standard InChI is InChI=1S/C21H24FNO3S/c22-18-10-8-17(9-11-18)21(7-4-16-24)23-14-12-20(13-15-23)27(25,26)19-5-2-1-3-6-19/h1-3,5-6,8-12,21,24H,4,7,13-16H2. The maximum atomic E-state index is 13.3. The van der Waals surface area contributed by atoms with Gasteiger partial charge in [-0.1, -0.05) is 36.4 Å². The Morgan fingerprint density at radius 1 is 1.07 bits per heavy atom. The van der Waals surface area contributed by atoms with Crippen LogP contribution in [-0.4, -0.2) is 38.1 Å². The molecule has 0 amide bonds. The fourth-order valence-electron chi connectivity index (χ4n) is 3.47. The van der Waals surface area contributed by atoms with E-state index in [0.717, 1.165) is 12.0 Å². The predicted molar refractivity (Wildman–Crippen MR) is 103 cm³/mol. The molecule has 0 aromatic heterocycles. The summed E-state index contributed by atoms with van der Waals surface area (Å²) in [5.41, 5.74) is 0.979. The second-order valence-electron chi connectivity index (χ2n) is 6.67. The summed E-state index contributed by atoms with van der Waals surface area (Å²) >= 11 is 0. The molecule has 1 aliphatic heterocycles. The van der Waals surface area contributed by atoms with Gasteiger partial charge in [-0.05, 0) is 49.1 Å². The molecule has 6 heteroatoms. The maximum Gasteiger partial charge on any atom is 0.202 e. The number of hydrogen-bond acceptors (Lipinski definition) is 4. The Hall–Kier alpha value is -2.02. The first kappa shape index (κ1) is 19.7. The smallest absolute Gasteiger partial charge is 0.202 e. The summed E-state index contributed by atoms with van der Waals surface area (Å²) in [4.78, 5) is 2.96. The number of hydrogen-bond donors (Lipinski definition) is 1. The SMILES string of the molecule is O=S(=O)(C1=CCN(C(CCCO)c2ccc(F)cc2)CC1)c1ccccc1. The van der Waals surface area contributed by atoms with E-state index < -0.39 is 9.84 Å². The first-order chi connectivity index (χ1) is 13.0. The highest BCUT2D eigenvalue weighted by Crippen LogP contribution is 2.31. The molecular weight excluding hydrogens is 365 g/mol. The van der Waals surface area contributed by atoms with Gasteiger partial charge in [0.2, 0.25) is 9.84 Å². The molecule has 1 atom stereocenters. The van der Waals surface area contributed by atoms with E-state index in [1.54, 1.807) is 48.5 Å². The van der Waals surface area contributed by atoms with Crippen molar-refractivity contribution in [2.45, 2.75) is 30.2 Å². The Morgan fingerprint density at radius 3 is 2.37 bits per heavy atom. The Kier molecular flexibility index (Phi) is 6.42. The van der Waals surface area contributed by atoms with Crippen LogP contribution in [0.4, 0.5) is 4.39 Å². The normalized spacial score (nSPS) is 16.7. The molecule has 1 heterocycles. The minimum Gasteiger partial charge on any atom is -0.396 e. The van der Waals surface area contributed by atoms with Crippen molar-refractivity contribution < 1.29 is 17.9 Å². The molecule has 0 bridgehead atoms. The molecular formula is C21H24FNO3S. The fourth-order valence-corrected chi connectivity index (χ4v) is 4.95. The molecule has 0 spiro atoms. The molecule has 0 saturated heterocycles. The number of benzene rings is 2. The average molecular weight is 389 g/mol. The van der Waals surface area contributed by atoms with E-state index in [1.165, 1.54) is 12.1 Å². The molecule has 2 aromatic rings. The van der Waals surface area contributed by atoms with Gasteiger partial charge in [0.25, 0.3) is 0 Å². The molecule has 1 N–H and O–H groups in total. The third-order valence-electron chi connectivity index (χ3n) is 4.93. The molecule has 2 aromatic carbocycles. The summed E-state index contributed by atoms with van der Waals surface area (Å²) in [5, 5.41) is 9.21. The fraction of sp³-hybridized carbons (Fsp3) is 0.333. The first-order valence-electron chi connectivity index (χ1n) is 9.12. The van der Waals surface area contributed by atoms with Crippen molar-refractivity contribution in [2.75, 3.05) is 19.7 Å². The van der Waals surface area contributed by atoms with Crippen molar-refractivity contribution in [3.8, 4) is 0 Å². The Labute approximate surface area is 159 Å². The van der Waals surface area contributed by atoms with E-state index in [0.29, 0.717) is 35.7 Å². The predicted octanol–water partition coefficient (Wildman–Crippen LogP) is 3.70. The third kappa shape index (κ3) is 4.64. The first-order valence-corrected chi connectivity index (χ1v) is 10.6. The quantitative estimate of drug-likeness (QED) is 0.784. The Bertz CT molecular complexity index is 879. The van der Waals surface area contributed by atoms with Crippen molar-refractivity contribution in [1.29, 1.82) is 0 Å². The highest BCUT2D eigenvalue weighted by atomic mass is 32.2. The lowest BCUT2D eigenvalue weighted by Gasteiger charge is -2.34. The van der Waals surface area contributed by atoms with E-state index in [4.69, 9.17) is 0 Å². The lowest BCUT2D eigenvalue weighted by molar-refractivity contribution is 0.186. The molecule has 1 unspecified atom stereocenters. The number of rotatable bonds is 7. The summed E-state index contributed by atoms with van der Waals surface area (Å²) in [5.74, 6) is -0.283. The summed E-state index contributed by atoms with van der Waals surface area (Å²) in [6.45, 7) is 1.20. The van der Waals surface area contributed by atoms with E-state index in [9.17, 15) is 17.9 Å². The molecule has 27 heavy (non-hydrogen) atoms. The third-order valence-corrected chi connectivity index (χ3v) is 6.88. The number of aliphatic hydroxyl groups excluding tert-OH is 1. The van der Waals surface area contributed by atoms with Gasteiger partial charge in [0, 0.05) is 30.6 Å². The zero-order valence-electron chi connectivity index (χ0n) is 15.1. The van der Waals surface area contributed by atoms with E-state index in [2.05, 4.69) is 4.90 Å². The van der Waals surface area contributed by atoms with Crippen LogP contribution in [0.1, 0.15) is 30.9 Å². The molecule has 3 rings (SSSR count). The van der Waals surface area contributed by atoms with E-state index >= 15 is 0 Å². The van der Waals surface area contributed by atoms with Gasteiger partial charge < -0.3 is 5.11 Å². The zero-order valence-corrected chi connectivity index (χ0v) is 15.9. The van der Waals surface area contributed by atoms with Crippen molar-refractivity contribution in [3.05, 3.63) is 77.0 Å².